The number of piperidine rings is 2. The maximum absolute atomic E-state index is 13.3. The molecule has 1 atom stereocenters. The zero-order chi connectivity index (χ0) is 20.4. The van der Waals surface area contributed by atoms with Crippen LogP contribution in [0, 0.1) is 5.92 Å². The van der Waals surface area contributed by atoms with E-state index in [1.807, 2.05) is 30.3 Å². The molecule has 4 nitrogen and oxygen atoms in total. The van der Waals surface area contributed by atoms with Crippen LogP contribution in [-0.4, -0.2) is 61.0 Å². The molecule has 4 rings (SSSR count). The Balaban J connectivity index is 1.43. The van der Waals surface area contributed by atoms with E-state index in [4.69, 9.17) is 4.74 Å². The van der Waals surface area contributed by atoms with Gasteiger partial charge in [-0.3, -0.25) is 9.69 Å². The Morgan fingerprint density at radius 2 is 1.72 bits per heavy atom. The zero-order valence-electron chi connectivity index (χ0n) is 18.1. The van der Waals surface area contributed by atoms with Crippen molar-refractivity contribution < 1.29 is 9.53 Å². The van der Waals surface area contributed by atoms with Gasteiger partial charge in [-0.25, -0.2) is 0 Å². The van der Waals surface area contributed by atoms with E-state index in [0.29, 0.717) is 17.9 Å². The smallest absolute Gasteiger partial charge is 0.167 e. The van der Waals surface area contributed by atoms with Crippen molar-refractivity contribution in [2.24, 2.45) is 5.92 Å². The monoisotopic (exact) mass is 394 g/mol. The molecule has 0 saturated carbocycles. The minimum Gasteiger partial charge on any atom is -0.497 e. The van der Waals surface area contributed by atoms with Gasteiger partial charge < -0.3 is 9.64 Å². The average Bonchev–Trinajstić information content (AvgIpc) is 2.78. The molecular formula is C25H34N2O2. The predicted molar refractivity (Wildman–Crippen MR) is 119 cm³/mol. The molecule has 0 bridgehead atoms. The predicted octanol–water partition coefficient (Wildman–Crippen LogP) is 4.62. The lowest BCUT2D eigenvalue weighted by atomic mass is 9.87. The zero-order valence-corrected chi connectivity index (χ0v) is 18.1. The van der Waals surface area contributed by atoms with Crippen molar-refractivity contribution >= 4 is 16.6 Å². The van der Waals surface area contributed by atoms with Crippen molar-refractivity contribution in [2.75, 3.05) is 33.3 Å². The standard InChI is InChI=1S/C25H34N2O2/c1-18(2)26-13-10-23(11-14-26)27-12-4-5-22(17-27)25(28)21-7-6-20-16-24(29-3)9-8-19(20)15-21/h6-9,15-16,18,22-23H,4-5,10-14,17H2,1-3H3/t22-/m0/s1. The summed E-state index contributed by atoms with van der Waals surface area (Å²) in [6.45, 7) is 9.02. The van der Waals surface area contributed by atoms with Gasteiger partial charge in [-0.15, -0.1) is 0 Å². The van der Waals surface area contributed by atoms with Gasteiger partial charge in [0, 0.05) is 30.1 Å². The normalized spacial score (nSPS) is 22.3. The fourth-order valence-electron chi connectivity index (χ4n) is 5.06. The lowest BCUT2D eigenvalue weighted by molar-refractivity contribution is 0.0544. The molecular weight excluding hydrogens is 360 g/mol. The van der Waals surface area contributed by atoms with E-state index in [1.54, 1.807) is 7.11 Å². The number of fused-ring (bicyclic) bond motifs is 1. The summed E-state index contributed by atoms with van der Waals surface area (Å²) in [5, 5.41) is 2.22. The highest BCUT2D eigenvalue weighted by Gasteiger charge is 2.32. The summed E-state index contributed by atoms with van der Waals surface area (Å²) in [7, 11) is 1.68. The summed E-state index contributed by atoms with van der Waals surface area (Å²) >= 11 is 0. The average molecular weight is 395 g/mol. The van der Waals surface area contributed by atoms with Crippen LogP contribution in [0.1, 0.15) is 49.9 Å². The molecule has 2 saturated heterocycles. The molecule has 0 amide bonds. The molecule has 0 radical (unpaired) electrons. The number of hydrogen-bond donors (Lipinski definition) is 0. The van der Waals surface area contributed by atoms with Crippen LogP contribution in [0.4, 0.5) is 0 Å². The molecule has 2 aliphatic rings. The van der Waals surface area contributed by atoms with Crippen LogP contribution in [0.25, 0.3) is 10.8 Å². The summed E-state index contributed by atoms with van der Waals surface area (Å²) in [6.07, 6.45) is 4.61. The number of methoxy groups -OCH3 is 1. The summed E-state index contributed by atoms with van der Waals surface area (Å²) in [5.41, 5.74) is 0.851. The molecule has 2 aliphatic heterocycles. The number of Topliss-reactive ketones (excluding diaryl/α,β-unsaturated/α-hetero) is 1. The molecule has 0 aliphatic carbocycles. The van der Waals surface area contributed by atoms with Crippen LogP contribution in [0.2, 0.25) is 0 Å². The summed E-state index contributed by atoms with van der Waals surface area (Å²) < 4.78 is 5.31. The van der Waals surface area contributed by atoms with Crippen molar-refractivity contribution in [1.82, 2.24) is 9.80 Å². The van der Waals surface area contributed by atoms with Crippen LogP contribution >= 0.6 is 0 Å². The van der Waals surface area contributed by atoms with Crippen molar-refractivity contribution in [3.8, 4) is 5.75 Å². The molecule has 2 aromatic carbocycles. The van der Waals surface area contributed by atoms with Gasteiger partial charge in [-0.1, -0.05) is 18.2 Å². The molecule has 0 N–H and O–H groups in total. The quantitative estimate of drug-likeness (QED) is 0.693. The van der Waals surface area contributed by atoms with Crippen molar-refractivity contribution in [2.45, 2.75) is 51.6 Å². The highest BCUT2D eigenvalue weighted by atomic mass is 16.5. The van der Waals surface area contributed by atoms with Gasteiger partial charge in [0.2, 0.25) is 0 Å². The van der Waals surface area contributed by atoms with E-state index in [2.05, 4.69) is 29.7 Å². The third-order valence-electron chi connectivity index (χ3n) is 6.90. The molecule has 156 valence electrons. The van der Waals surface area contributed by atoms with Crippen LogP contribution in [0.3, 0.4) is 0 Å². The Labute approximate surface area is 174 Å². The Kier molecular flexibility index (Phi) is 6.21. The van der Waals surface area contributed by atoms with Gasteiger partial charge >= 0.3 is 0 Å². The first-order valence-electron chi connectivity index (χ1n) is 11.2. The fraction of sp³-hybridized carbons (Fsp3) is 0.560. The van der Waals surface area contributed by atoms with Gasteiger partial charge in [-0.05, 0) is 88.1 Å². The van der Waals surface area contributed by atoms with Crippen LogP contribution in [-0.2, 0) is 0 Å². The number of likely N-dealkylation sites (tertiary alicyclic amines) is 2. The van der Waals surface area contributed by atoms with Crippen LogP contribution in [0.15, 0.2) is 36.4 Å². The topological polar surface area (TPSA) is 32.8 Å². The van der Waals surface area contributed by atoms with Gasteiger partial charge in [-0.2, -0.15) is 0 Å². The van der Waals surface area contributed by atoms with Gasteiger partial charge in [0.25, 0.3) is 0 Å². The summed E-state index contributed by atoms with van der Waals surface area (Å²) in [6, 6.07) is 13.4. The molecule has 2 fully saturated rings. The number of carbonyl (C=O) groups is 1. The third-order valence-corrected chi connectivity index (χ3v) is 6.90. The molecule has 0 unspecified atom stereocenters. The number of benzene rings is 2. The van der Waals surface area contributed by atoms with E-state index in [9.17, 15) is 4.79 Å². The molecule has 0 spiro atoms. The Morgan fingerprint density at radius 3 is 2.45 bits per heavy atom. The summed E-state index contributed by atoms with van der Waals surface area (Å²) in [4.78, 5) is 18.5. The van der Waals surface area contributed by atoms with Gasteiger partial charge in [0.05, 0.1) is 7.11 Å². The maximum atomic E-state index is 13.3. The lowest BCUT2D eigenvalue weighted by Crippen LogP contribution is -2.50. The van der Waals surface area contributed by atoms with E-state index >= 15 is 0 Å². The minimum absolute atomic E-state index is 0.127. The van der Waals surface area contributed by atoms with Crippen molar-refractivity contribution in [1.29, 1.82) is 0 Å². The highest BCUT2D eigenvalue weighted by Crippen LogP contribution is 2.28. The van der Waals surface area contributed by atoms with Gasteiger partial charge in [0.15, 0.2) is 5.78 Å². The SMILES string of the molecule is COc1ccc2cc(C(=O)[C@H]3CCCN(C4CCN(C(C)C)CC4)C3)ccc2c1. The number of ketones is 1. The van der Waals surface area contributed by atoms with Crippen LogP contribution < -0.4 is 4.74 Å². The number of rotatable bonds is 5. The number of ether oxygens (including phenoxy) is 1. The number of carbonyl (C=O) groups excluding carboxylic acids is 1. The molecule has 2 heterocycles. The first kappa shape index (κ1) is 20.4. The van der Waals surface area contributed by atoms with E-state index in [0.717, 1.165) is 48.0 Å². The van der Waals surface area contributed by atoms with Crippen LogP contribution in [0.5, 0.6) is 5.75 Å². The molecule has 2 aromatic rings. The second-order valence-corrected chi connectivity index (χ2v) is 8.99. The van der Waals surface area contributed by atoms with Crippen molar-refractivity contribution in [3.63, 3.8) is 0 Å². The number of nitrogens with zero attached hydrogens (tertiary/aromatic N) is 2. The molecule has 29 heavy (non-hydrogen) atoms. The second kappa shape index (κ2) is 8.85. The molecule has 0 aromatic heterocycles. The Hall–Kier alpha value is -1.91. The summed E-state index contributed by atoms with van der Waals surface area (Å²) in [5.74, 6) is 1.29. The first-order chi connectivity index (χ1) is 14.0. The van der Waals surface area contributed by atoms with E-state index in [1.165, 1.54) is 25.9 Å². The fourth-order valence-corrected chi connectivity index (χ4v) is 5.06. The number of hydrogen-bond acceptors (Lipinski definition) is 4. The Bertz CT molecular complexity index is 855. The third kappa shape index (κ3) is 4.49. The molecule has 4 heteroatoms. The van der Waals surface area contributed by atoms with Crippen molar-refractivity contribution in [3.05, 3.63) is 42.0 Å². The van der Waals surface area contributed by atoms with Gasteiger partial charge in [0.1, 0.15) is 5.75 Å². The Morgan fingerprint density at radius 1 is 1.00 bits per heavy atom. The minimum atomic E-state index is 0.127. The second-order valence-electron chi connectivity index (χ2n) is 8.99. The first-order valence-corrected chi connectivity index (χ1v) is 11.2. The maximum Gasteiger partial charge on any atom is 0.167 e. The van der Waals surface area contributed by atoms with E-state index < -0.39 is 0 Å². The van der Waals surface area contributed by atoms with E-state index in [-0.39, 0.29) is 5.92 Å². The highest BCUT2D eigenvalue weighted by molar-refractivity contribution is 6.01. The largest absolute Gasteiger partial charge is 0.497 e. The lowest BCUT2D eigenvalue weighted by Gasteiger charge is -2.43.